The molecular weight excluding hydrogens is 260 g/mol. The van der Waals surface area contributed by atoms with Gasteiger partial charge in [-0.05, 0) is 31.0 Å². The minimum absolute atomic E-state index is 0.0670. The van der Waals surface area contributed by atoms with Crippen LogP contribution in [0.15, 0.2) is 18.2 Å². The van der Waals surface area contributed by atoms with Crippen molar-refractivity contribution in [2.75, 3.05) is 13.7 Å². The molecule has 0 unspecified atom stereocenters. The second-order valence-corrected chi connectivity index (χ2v) is 4.73. The van der Waals surface area contributed by atoms with Crippen LogP contribution < -0.4 is 15.4 Å². The van der Waals surface area contributed by atoms with Gasteiger partial charge in [0.25, 0.3) is 5.91 Å². The van der Waals surface area contributed by atoms with E-state index in [0.717, 1.165) is 12.8 Å². The van der Waals surface area contributed by atoms with Crippen LogP contribution in [0.1, 0.15) is 29.6 Å². The summed E-state index contributed by atoms with van der Waals surface area (Å²) in [7, 11) is 1.48. The molecule has 2 rings (SSSR count). The number of carbonyl (C=O) groups excluding carboxylic acids is 2. The average Bonchev–Trinajstić information content (AvgIpc) is 3.23. The number of rotatable bonds is 6. The Morgan fingerprint density at radius 3 is 2.80 bits per heavy atom. The van der Waals surface area contributed by atoms with Gasteiger partial charge in [0.1, 0.15) is 11.5 Å². The van der Waals surface area contributed by atoms with Crippen LogP contribution in [0.2, 0.25) is 0 Å². The maximum atomic E-state index is 11.9. The van der Waals surface area contributed by atoms with Crippen molar-refractivity contribution in [2.24, 2.45) is 0 Å². The maximum Gasteiger partial charge on any atom is 0.255 e. The van der Waals surface area contributed by atoms with Crippen molar-refractivity contribution in [1.29, 1.82) is 0 Å². The van der Waals surface area contributed by atoms with Crippen LogP contribution in [-0.2, 0) is 4.79 Å². The van der Waals surface area contributed by atoms with E-state index in [1.54, 1.807) is 6.07 Å². The van der Waals surface area contributed by atoms with Crippen molar-refractivity contribution >= 4 is 11.8 Å². The fourth-order valence-corrected chi connectivity index (χ4v) is 1.74. The van der Waals surface area contributed by atoms with Gasteiger partial charge >= 0.3 is 0 Å². The summed E-state index contributed by atoms with van der Waals surface area (Å²) >= 11 is 0. The molecule has 1 aliphatic rings. The van der Waals surface area contributed by atoms with E-state index >= 15 is 0 Å². The smallest absolute Gasteiger partial charge is 0.255 e. The van der Waals surface area contributed by atoms with E-state index < -0.39 is 5.91 Å². The van der Waals surface area contributed by atoms with Crippen LogP contribution in [-0.4, -0.2) is 36.6 Å². The maximum absolute atomic E-state index is 11.9. The molecule has 0 aliphatic heterocycles. The monoisotopic (exact) mass is 278 g/mol. The Balaban J connectivity index is 1.83. The van der Waals surface area contributed by atoms with Crippen LogP contribution >= 0.6 is 0 Å². The first-order valence-corrected chi connectivity index (χ1v) is 6.54. The van der Waals surface area contributed by atoms with Crippen molar-refractivity contribution in [3.63, 3.8) is 0 Å². The summed E-state index contributed by atoms with van der Waals surface area (Å²) in [6.45, 7) is 0.230. The third kappa shape index (κ3) is 3.88. The molecule has 1 fully saturated rings. The molecule has 0 heterocycles. The lowest BCUT2D eigenvalue weighted by atomic mass is 10.1. The van der Waals surface area contributed by atoms with Gasteiger partial charge < -0.3 is 20.5 Å². The Bertz CT molecular complexity index is 512. The van der Waals surface area contributed by atoms with Gasteiger partial charge in [0.15, 0.2) is 0 Å². The minimum Gasteiger partial charge on any atom is -0.507 e. The summed E-state index contributed by atoms with van der Waals surface area (Å²) in [5.74, 6) is -0.131. The molecule has 0 aromatic heterocycles. The highest BCUT2D eigenvalue weighted by Crippen LogP contribution is 2.22. The molecule has 6 heteroatoms. The lowest BCUT2D eigenvalue weighted by Crippen LogP contribution is -2.31. The number of hydrogen-bond acceptors (Lipinski definition) is 4. The summed E-state index contributed by atoms with van der Waals surface area (Å²) in [6, 6.07) is 4.73. The number of methoxy groups -OCH3 is 1. The number of amides is 2. The van der Waals surface area contributed by atoms with E-state index in [1.165, 1.54) is 19.2 Å². The van der Waals surface area contributed by atoms with Gasteiger partial charge in [0.05, 0.1) is 12.7 Å². The van der Waals surface area contributed by atoms with E-state index in [9.17, 15) is 14.7 Å². The molecule has 0 bridgehead atoms. The Labute approximate surface area is 117 Å². The topological polar surface area (TPSA) is 87.7 Å². The summed E-state index contributed by atoms with van der Waals surface area (Å²) in [4.78, 5) is 23.3. The van der Waals surface area contributed by atoms with E-state index in [2.05, 4.69) is 10.6 Å². The second kappa shape index (κ2) is 6.27. The lowest BCUT2D eigenvalue weighted by molar-refractivity contribution is -0.121. The van der Waals surface area contributed by atoms with Crippen LogP contribution in [0.3, 0.4) is 0 Å². The molecule has 2 amide bonds. The molecule has 1 aromatic rings. The highest BCUT2D eigenvalue weighted by atomic mass is 16.5. The molecular formula is C14H18N2O4. The van der Waals surface area contributed by atoms with E-state index in [4.69, 9.17) is 4.74 Å². The molecule has 20 heavy (non-hydrogen) atoms. The van der Waals surface area contributed by atoms with Gasteiger partial charge in [-0.2, -0.15) is 0 Å². The SMILES string of the molecule is COc1ccc(O)c(C(=O)NCCC(=O)NC2CC2)c1. The molecule has 1 aromatic carbocycles. The molecule has 0 radical (unpaired) electrons. The number of nitrogens with one attached hydrogen (secondary N) is 2. The first-order valence-electron chi connectivity index (χ1n) is 6.54. The summed E-state index contributed by atoms with van der Waals surface area (Å²) in [5, 5.41) is 15.1. The standard InChI is InChI=1S/C14H18N2O4/c1-20-10-4-5-12(17)11(8-10)14(19)15-7-6-13(18)16-9-2-3-9/h4-5,8-9,17H,2-3,6-7H2,1H3,(H,15,19)(H,16,18). The first kappa shape index (κ1) is 14.2. The predicted octanol–water partition coefficient (Wildman–Crippen LogP) is 0.799. The highest BCUT2D eigenvalue weighted by molar-refractivity contribution is 5.97. The molecule has 0 saturated heterocycles. The first-order chi connectivity index (χ1) is 9.60. The van der Waals surface area contributed by atoms with Gasteiger partial charge in [0, 0.05) is 19.0 Å². The second-order valence-electron chi connectivity index (χ2n) is 4.73. The molecule has 1 aliphatic carbocycles. The number of aromatic hydroxyl groups is 1. The summed E-state index contributed by atoms with van der Waals surface area (Å²) < 4.78 is 5.00. The fraction of sp³-hybridized carbons (Fsp3) is 0.429. The van der Waals surface area contributed by atoms with Crippen molar-refractivity contribution in [3.8, 4) is 11.5 Å². The van der Waals surface area contributed by atoms with E-state index in [-0.39, 0.29) is 30.2 Å². The quantitative estimate of drug-likeness (QED) is 0.718. The number of carbonyl (C=O) groups is 2. The minimum atomic E-state index is -0.430. The van der Waals surface area contributed by atoms with Gasteiger partial charge in [-0.1, -0.05) is 0 Å². The Morgan fingerprint density at radius 1 is 1.40 bits per heavy atom. The number of phenolic OH excluding ortho intramolecular Hbond substituents is 1. The number of benzene rings is 1. The largest absolute Gasteiger partial charge is 0.507 e. The van der Waals surface area contributed by atoms with Crippen LogP contribution in [0, 0.1) is 0 Å². The van der Waals surface area contributed by atoms with Gasteiger partial charge in [0.2, 0.25) is 5.91 Å². The van der Waals surface area contributed by atoms with Crippen molar-refractivity contribution < 1.29 is 19.4 Å². The number of hydrogen-bond donors (Lipinski definition) is 3. The summed E-state index contributed by atoms with van der Waals surface area (Å²) in [5.41, 5.74) is 0.131. The molecule has 1 saturated carbocycles. The summed E-state index contributed by atoms with van der Waals surface area (Å²) in [6.07, 6.45) is 2.30. The zero-order chi connectivity index (χ0) is 14.5. The molecule has 0 spiro atoms. The van der Waals surface area contributed by atoms with Crippen molar-refractivity contribution in [3.05, 3.63) is 23.8 Å². The van der Waals surface area contributed by atoms with E-state index in [0.29, 0.717) is 11.8 Å². The van der Waals surface area contributed by atoms with Crippen molar-refractivity contribution in [1.82, 2.24) is 10.6 Å². The number of phenols is 1. The Kier molecular flexibility index (Phi) is 4.45. The number of ether oxygens (including phenoxy) is 1. The molecule has 3 N–H and O–H groups in total. The van der Waals surface area contributed by atoms with E-state index in [1.807, 2.05) is 0 Å². The third-order valence-corrected chi connectivity index (χ3v) is 3.03. The predicted molar refractivity (Wildman–Crippen MR) is 72.8 cm³/mol. The van der Waals surface area contributed by atoms with Crippen LogP contribution in [0.4, 0.5) is 0 Å². The Hall–Kier alpha value is -2.24. The zero-order valence-electron chi connectivity index (χ0n) is 11.3. The normalized spacial score (nSPS) is 13.7. The van der Waals surface area contributed by atoms with Gasteiger partial charge in [-0.3, -0.25) is 9.59 Å². The van der Waals surface area contributed by atoms with Crippen LogP contribution in [0.5, 0.6) is 11.5 Å². The van der Waals surface area contributed by atoms with Gasteiger partial charge in [-0.15, -0.1) is 0 Å². The van der Waals surface area contributed by atoms with Crippen LogP contribution in [0.25, 0.3) is 0 Å². The average molecular weight is 278 g/mol. The molecule has 108 valence electrons. The third-order valence-electron chi connectivity index (χ3n) is 3.03. The fourth-order valence-electron chi connectivity index (χ4n) is 1.74. The molecule has 0 atom stereocenters. The highest BCUT2D eigenvalue weighted by Gasteiger charge is 2.23. The Morgan fingerprint density at radius 2 is 2.15 bits per heavy atom. The zero-order valence-corrected chi connectivity index (χ0v) is 11.3. The van der Waals surface area contributed by atoms with Gasteiger partial charge in [-0.25, -0.2) is 0 Å². The molecule has 6 nitrogen and oxygen atoms in total. The van der Waals surface area contributed by atoms with Crippen molar-refractivity contribution in [2.45, 2.75) is 25.3 Å². The lowest BCUT2D eigenvalue weighted by Gasteiger charge is -2.08.